The summed E-state index contributed by atoms with van der Waals surface area (Å²) in [6.07, 6.45) is 0. The van der Waals surface area contributed by atoms with E-state index in [-0.39, 0.29) is 5.97 Å². The van der Waals surface area contributed by atoms with Crippen molar-refractivity contribution in [3.63, 3.8) is 0 Å². The Morgan fingerprint density at radius 1 is 0.962 bits per heavy atom. The SMILES string of the molecule is COC(=O)c1c(C)c(C)c2nc(-c3ccc4ccccc4c3)oc2c1C. The third-order valence-corrected chi connectivity index (χ3v) is 5.02. The molecule has 0 unspecified atom stereocenters. The summed E-state index contributed by atoms with van der Waals surface area (Å²) in [5.74, 6) is 0.201. The van der Waals surface area contributed by atoms with Crippen molar-refractivity contribution in [1.82, 2.24) is 4.98 Å². The van der Waals surface area contributed by atoms with E-state index in [2.05, 4.69) is 24.3 Å². The van der Waals surface area contributed by atoms with E-state index >= 15 is 0 Å². The van der Waals surface area contributed by atoms with Gasteiger partial charge in [-0.15, -0.1) is 0 Å². The van der Waals surface area contributed by atoms with Crippen molar-refractivity contribution in [1.29, 1.82) is 0 Å². The number of hydrogen-bond acceptors (Lipinski definition) is 4. The molecule has 0 saturated heterocycles. The highest BCUT2D eigenvalue weighted by Gasteiger charge is 2.22. The van der Waals surface area contributed by atoms with Crippen molar-refractivity contribution in [2.75, 3.05) is 7.11 Å². The lowest BCUT2D eigenvalue weighted by Gasteiger charge is -2.10. The zero-order valence-corrected chi connectivity index (χ0v) is 15.2. The zero-order valence-electron chi connectivity index (χ0n) is 15.2. The number of oxazole rings is 1. The summed E-state index contributed by atoms with van der Waals surface area (Å²) in [5.41, 5.74) is 5.46. The lowest BCUT2D eigenvalue weighted by atomic mass is 9.97. The van der Waals surface area contributed by atoms with Gasteiger partial charge in [-0.25, -0.2) is 9.78 Å². The molecule has 1 aromatic heterocycles. The number of methoxy groups -OCH3 is 1. The average molecular weight is 345 g/mol. The lowest BCUT2D eigenvalue weighted by molar-refractivity contribution is 0.0599. The van der Waals surface area contributed by atoms with Gasteiger partial charge in [-0.2, -0.15) is 0 Å². The first kappa shape index (κ1) is 16.3. The minimum absolute atomic E-state index is 0.353. The predicted molar refractivity (Wildman–Crippen MR) is 103 cm³/mol. The molecule has 4 aromatic rings. The quantitative estimate of drug-likeness (QED) is 0.459. The van der Waals surface area contributed by atoms with Crippen molar-refractivity contribution < 1.29 is 13.9 Å². The molecule has 0 spiro atoms. The first-order valence-corrected chi connectivity index (χ1v) is 8.49. The molecule has 130 valence electrons. The lowest BCUT2D eigenvalue weighted by Crippen LogP contribution is -2.08. The standard InChI is InChI=1S/C22H19NO3/c1-12-13(2)19-20(14(3)18(12)22(24)25-4)26-21(23-19)17-10-9-15-7-5-6-8-16(15)11-17/h5-11H,1-4H3. The van der Waals surface area contributed by atoms with Crippen LogP contribution >= 0.6 is 0 Å². The second-order valence-corrected chi connectivity index (χ2v) is 6.50. The van der Waals surface area contributed by atoms with Crippen LogP contribution in [0.4, 0.5) is 0 Å². The number of carbonyl (C=O) groups is 1. The minimum atomic E-state index is -0.353. The molecule has 0 aliphatic heterocycles. The van der Waals surface area contributed by atoms with Crippen LogP contribution in [0.3, 0.4) is 0 Å². The molecule has 4 heteroatoms. The van der Waals surface area contributed by atoms with Crippen molar-refractivity contribution in [3.8, 4) is 11.5 Å². The normalized spacial score (nSPS) is 11.2. The molecule has 0 bridgehead atoms. The van der Waals surface area contributed by atoms with E-state index in [9.17, 15) is 4.79 Å². The fraction of sp³-hybridized carbons (Fsp3) is 0.182. The van der Waals surface area contributed by atoms with E-state index in [0.29, 0.717) is 17.0 Å². The van der Waals surface area contributed by atoms with E-state index in [1.807, 2.05) is 39.0 Å². The van der Waals surface area contributed by atoms with E-state index in [1.54, 1.807) is 0 Å². The van der Waals surface area contributed by atoms with Crippen LogP contribution in [0.2, 0.25) is 0 Å². The van der Waals surface area contributed by atoms with Crippen molar-refractivity contribution in [2.45, 2.75) is 20.8 Å². The number of aryl methyl sites for hydroxylation is 2. The third kappa shape index (κ3) is 2.37. The van der Waals surface area contributed by atoms with Crippen LogP contribution in [0.25, 0.3) is 33.3 Å². The van der Waals surface area contributed by atoms with Gasteiger partial charge in [0, 0.05) is 11.1 Å². The van der Waals surface area contributed by atoms with Gasteiger partial charge in [-0.3, -0.25) is 0 Å². The smallest absolute Gasteiger partial charge is 0.338 e. The molecular formula is C22H19NO3. The maximum atomic E-state index is 12.2. The highest BCUT2D eigenvalue weighted by molar-refractivity contribution is 5.99. The number of rotatable bonds is 2. The molecule has 0 aliphatic rings. The Balaban J connectivity index is 1.96. The van der Waals surface area contributed by atoms with Crippen molar-refractivity contribution in [3.05, 3.63) is 64.7 Å². The maximum Gasteiger partial charge on any atom is 0.338 e. The van der Waals surface area contributed by atoms with Crippen LogP contribution < -0.4 is 0 Å². The number of ether oxygens (including phenoxy) is 1. The Morgan fingerprint density at radius 2 is 1.69 bits per heavy atom. The number of benzene rings is 3. The maximum absolute atomic E-state index is 12.2. The van der Waals surface area contributed by atoms with Crippen molar-refractivity contribution >= 4 is 27.8 Å². The third-order valence-electron chi connectivity index (χ3n) is 5.02. The van der Waals surface area contributed by atoms with Crippen LogP contribution in [0.1, 0.15) is 27.0 Å². The Kier molecular flexibility index (Phi) is 3.76. The number of esters is 1. The fourth-order valence-corrected chi connectivity index (χ4v) is 3.44. The van der Waals surface area contributed by atoms with E-state index in [4.69, 9.17) is 14.1 Å². The van der Waals surface area contributed by atoms with Gasteiger partial charge >= 0.3 is 5.97 Å². The fourth-order valence-electron chi connectivity index (χ4n) is 3.44. The molecule has 0 fully saturated rings. The molecule has 0 radical (unpaired) electrons. The summed E-state index contributed by atoms with van der Waals surface area (Å²) < 4.78 is 11.0. The van der Waals surface area contributed by atoms with Crippen LogP contribution in [0.15, 0.2) is 46.9 Å². The highest BCUT2D eigenvalue weighted by atomic mass is 16.5. The van der Waals surface area contributed by atoms with Gasteiger partial charge in [0.2, 0.25) is 5.89 Å². The number of aromatic nitrogens is 1. The summed E-state index contributed by atoms with van der Waals surface area (Å²) in [4.78, 5) is 16.9. The second-order valence-electron chi connectivity index (χ2n) is 6.50. The Hall–Kier alpha value is -3.14. The summed E-state index contributed by atoms with van der Waals surface area (Å²) in [6, 6.07) is 14.3. The average Bonchev–Trinajstić information content (AvgIpc) is 3.11. The summed E-state index contributed by atoms with van der Waals surface area (Å²) in [7, 11) is 1.39. The van der Waals surface area contributed by atoms with Crippen LogP contribution in [-0.2, 0) is 4.74 Å². The largest absolute Gasteiger partial charge is 0.465 e. The van der Waals surface area contributed by atoms with Gasteiger partial charge in [0.15, 0.2) is 5.58 Å². The van der Waals surface area contributed by atoms with Gasteiger partial charge in [-0.05, 0) is 54.8 Å². The second kappa shape index (κ2) is 5.99. The number of fused-ring (bicyclic) bond motifs is 2. The number of carbonyl (C=O) groups excluding carboxylic acids is 1. The molecule has 0 atom stereocenters. The van der Waals surface area contributed by atoms with Gasteiger partial charge in [-0.1, -0.05) is 30.3 Å². The predicted octanol–water partition coefficient (Wildman–Crippen LogP) is 5.36. The van der Waals surface area contributed by atoms with E-state index < -0.39 is 0 Å². The van der Waals surface area contributed by atoms with E-state index in [0.717, 1.165) is 33.2 Å². The van der Waals surface area contributed by atoms with E-state index in [1.165, 1.54) is 12.5 Å². The molecule has 26 heavy (non-hydrogen) atoms. The van der Waals surface area contributed by atoms with Crippen LogP contribution in [0.5, 0.6) is 0 Å². The van der Waals surface area contributed by atoms with Gasteiger partial charge < -0.3 is 9.15 Å². The number of hydrogen-bond donors (Lipinski definition) is 0. The van der Waals surface area contributed by atoms with Gasteiger partial charge in [0.25, 0.3) is 0 Å². The molecule has 3 aromatic carbocycles. The van der Waals surface area contributed by atoms with Crippen LogP contribution in [-0.4, -0.2) is 18.1 Å². The minimum Gasteiger partial charge on any atom is -0.465 e. The molecule has 0 amide bonds. The molecule has 0 saturated carbocycles. The summed E-state index contributed by atoms with van der Waals surface area (Å²) in [6.45, 7) is 5.74. The topological polar surface area (TPSA) is 52.3 Å². The monoisotopic (exact) mass is 345 g/mol. The molecule has 1 heterocycles. The zero-order chi connectivity index (χ0) is 18.4. The molecular weight excluding hydrogens is 326 g/mol. The number of nitrogens with zero attached hydrogens (tertiary/aromatic N) is 1. The molecule has 0 N–H and O–H groups in total. The Labute approximate surface area is 151 Å². The first-order valence-electron chi connectivity index (χ1n) is 8.49. The highest BCUT2D eigenvalue weighted by Crippen LogP contribution is 2.34. The summed E-state index contributed by atoms with van der Waals surface area (Å²) >= 11 is 0. The molecule has 0 aliphatic carbocycles. The Morgan fingerprint density at radius 3 is 2.42 bits per heavy atom. The molecule has 4 rings (SSSR count). The van der Waals surface area contributed by atoms with Crippen molar-refractivity contribution in [2.24, 2.45) is 0 Å². The van der Waals surface area contributed by atoms with Gasteiger partial charge in [0.05, 0.1) is 12.7 Å². The van der Waals surface area contributed by atoms with Gasteiger partial charge in [0.1, 0.15) is 5.52 Å². The van der Waals surface area contributed by atoms with Crippen LogP contribution in [0, 0.1) is 20.8 Å². The Bertz CT molecular complexity index is 1170. The first-order chi connectivity index (χ1) is 12.5. The summed E-state index contributed by atoms with van der Waals surface area (Å²) in [5, 5.41) is 2.30. The molecule has 4 nitrogen and oxygen atoms in total.